The van der Waals surface area contributed by atoms with Crippen LogP contribution in [-0.2, 0) is 6.42 Å². The molecule has 1 aromatic heterocycles. The first kappa shape index (κ1) is 20.2. The standard InChI is InChI=1S/C14H21N3.3C2H6/c1-2-4-14-5-3-6-17(14)12-7-10-9-15-16-13(10)11(12)8-14;3*1-2/h9,11-12H,2-8H2,1H3,(H,15,16);3*1-2H3. The van der Waals surface area contributed by atoms with Gasteiger partial charge in [0.2, 0.25) is 0 Å². The van der Waals surface area contributed by atoms with E-state index in [1.807, 2.05) is 47.7 Å². The largest absolute Gasteiger partial charge is 0.294 e. The fourth-order valence-corrected chi connectivity index (χ4v) is 4.87. The molecule has 0 amide bonds. The first-order valence-electron chi connectivity index (χ1n) is 10.1. The Balaban J connectivity index is 0.000000400. The lowest BCUT2D eigenvalue weighted by Crippen LogP contribution is -2.42. The molecule has 23 heavy (non-hydrogen) atoms. The molecular formula is C20H39N3. The maximum absolute atomic E-state index is 4.22. The molecule has 0 bridgehead atoms. The zero-order valence-electron chi connectivity index (χ0n) is 16.6. The molecule has 3 atom stereocenters. The van der Waals surface area contributed by atoms with Gasteiger partial charge in [-0.15, -0.1) is 0 Å². The minimum Gasteiger partial charge on any atom is -0.294 e. The average Bonchev–Trinajstić information content (AvgIpc) is 3.33. The van der Waals surface area contributed by atoms with Crippen molar-refractivity contribution in [2.75, 3.05) is 6.54 Å². The molecule has 2 saturated heterocycles. The Bertz CT molecular complexity index is 440. The summed E-state index contributed by atoms with van der Waals surface area (Å²) in [5.74, 6) is 0.749. The smallest absolute Gasteiger partial charge is 0.0522 e. The van der Waals surface area contributed by atoms with Crippen LogP contribution in [0.25, 0.3) is 0 Å². The van der Waals surface area contributed by atoms with Crippen molar-refractivity contribution in [2.24, 2.45) is 0 Å². The number of hydrogen-bond donors (Lipinski definition) is 1. The Hall–Kier alpha value is -0.830. The van der Waals surface area contributed by atoms with E-state index in [9.17, 15) is 0 Å². The van der Waals surface area contributed by atoms with Crippen LogP contribution in [0.2, 0.25) is 0 Å². The van der Waals surface area contributed by atoms with Crippen LogP contribution in [-0.4, -0.2) is 33.2 Å². The summed E-state index contributed by atoms with van der Waals surface area (Å²) in [4.78, 5) is 2.86. The van der Waals surface area contributed by atoms with Gasteiger partial charge in [0, 0.05) is 23.2 Å². The van der Waals surface area contributed by atoms with E-state index in [0.717, 1.165) is 12.0 Å². The molecule has 0 saturated carbocycles. The summed E-state index contributed by atoms with van der Waals surface area (Å²) in [6.45, 7) is 15.7. The highest BCUT2D eigenvalue weighted by molar-refractivity contribution is 5.34. The van der Waals surface area contributed by atoms with Gasteiger partial charge in [-0.05, 0) is 44.2 Å². The quantitative estimate of drug-likeness (QED) is 0.776. The lowest BCUT2D eigenvalue weighted by Gasteiger charge is -2.34. The molecule has 2 fully saturated rings. The summed E-state index contributed by atoms with van der Waals surface area (Å²) in [6, 6.07) is 0.785. The third-order valence-corrected chi connectivity index (χ3v) is 5.38. The van der Waals surface area contributed by atoms with Crippen molar-refractivity contribution < 1.29 is 0 Å². The van der Waals surface area contributed by atoms with Gasteiger partial charge < -0.3 is 0 Å². The number of aromatic amines is 1. The maximum Gasteiger partial charge on any atom is 0.0522 e. The van der Waals surface area contributed by atoms with Gasteiger partial charge >= 0.3 is 0 Å². The molecule has 3 heteroatoms. The van der Waals surface area contributed by atoms with Crippen LogP contribution in [0.5, 0.6) is 0 Å². The summed E-state index contributed by atoms with van der Waals surface area (Å²) in [7, 11) is 0. The van der Waals surface area contributed by atoms with Crippen LogP contribution in [0, 0.1) is 0 Å². The molecule has 2 aliphatic heterocycles. The fraction of sp³-hybridized carbons (Fsp3) is 0.850. The average molecular weight is 322 g/mol. The van der Waals surface area contributed by atoms with Crippen LogP contribution in [0.15, 0.2) is 6.20 Å². The SMILES string of the molecule is CC.CC.CC.CCCC12CCCN1C1Cc3cn[nH]c3C1C2. The molecule has 1 aromatic rings. The number of nitrogens with zero attached hydrogens (tertiary/aromatic N) is 2. The van der Waals surface area contributed by atoms with Crippen molar-refractivity contribution in [1.29, 1.82) is 0 Å². The van der Waals surface area contributed by atoms with Crippen LogP contribution in [0.1, 0.15) is 97.7 Å². The molecular weight excluding hydrogens is 282 g/mol. The lowest BCUT2D eigenvalue weighted by atomic mass is 9.85. The highest BCUT2D eigenvalue weighted by atomic mass is 15.3. The zero-order chi connectivity index (χ0) is 17.5. The third kappa shape index (κ3) is 3.50. The van der Waals surface area contributed by atoms with Crippen molar-refractivity contribution in [1.82, 2.24) is 15.1 Å². The molecule has 4 rings (SSSR count). The predicted molar refractivity (Wildman–Crippen MR) is 101 cm³/mol. The second kappa shape index (κ2) is 9.46. The molecule has 1 aliphatic carbocycles. The lowest BCUT2D eigenvalue weighted by molar-refractivity contribution is 0.140. The van der Waals surface area contributed by atoms with Gasteiger partial charge in [0.25, 0.3) is 0 Å². The van der Waals surface area contributed by atoms with Crippen LogP contribution in [0.3, 0.4) is 0 Å². The van der Waals surface area contributed by atoms with Crippen molar-refractivity contribution >= 4 is 0 Å². The Morgan fingerprint density at radius 2 is 1.91 bits per heavy atom. The second-order valence-electron chi connectivity index (χ2n) is 6.16. The molecule has 3 heterocycles. The van der Waals surface area contributed by atoms with Crippen LogP contribution < -0.4 is 0 Å². The van der Waals surface area contributed by atoms with Gasteiger partial charge in [0.05, 0.1) is 6.20 Å². The number of rotatable bonds is 2. The number of aromatic nitrogens is 2. The summed E-state index contributed by atoms with van der Waals surface area (Å²) < 4.78 is 0. The van der Waals surface area contributed by atoms with Gasteiger partial charge in [-0.3, -0.25) is 10.00 Å². The molecule has 3 unspecified atom stereocenters. The minimum atomic E-state index is 0.548. The van der Waals surface area contributed by atoms with Crippen molar-refractivity contribution in [3.8, 4) is 0 Å². The van der Waals surface area contributed by atoms with E-state index >= 15 is 0 Å². The topological polar surface area (TPSA) is 31.9 Å². The Morgan fingerprint density at radius 1 is 1.22 bits per heavy atom. The molecule has 0 aromatic carbocycles. The molecule has 3 nitrogen and oxygen atoms in total. The zero-order valence-corrected chi connectivity index (χ0v) is 16.6. The van der Waals surface area contributed by atoms with Crippen molar-refractivity contribution in [3.05, 3.63) is 17.5 Å². The van der Waals surface area contributed by atoms with E-state index in [1.54, 1.807) is 0 Å². The fourth-order valence-electron chi connectivity index (χ4n) is 4.87. The van der Waals surface area contributed by atoms with E-state index in [1.165, 1.54) is 56.3 Å². The number of H-pyrrole nitrogens is 1. The molecule has 1 N–H and O–H groups in total. The van der Waals surface area contributed by atoms with Gasteiger partial charge in [-0.25, -0.2) is 0 Å². The number of nitrogens with one attached hydrogen (secondary N) is 1. The van der Waals surface area contributed by atoms with Crippen LogP contribution in [0.4, 0.5) is 0 Å². The first-order valence-corrected chi connectivity index (χ1v) is 10.1. The molecule has 134 valence electrons. The second-order valence-corrected chi connectivity index (χ2v) is 6.16. The van der Waals surface area contributed by atoms with E-state index < -0.39 is 0 Å². The Morgan fingerprint density at radius 3 is 2.57 bits per heavy atom. The van der Waals surface area contributed by atoms with Crippen molar-refractivity contribution in [2.45, 2.75) is 104 Å². The van der Waals surface area contributed by atoms with Gasteiger partial charge in [0.15, 0.2) is 0 Å². The highest BCUT2D eigenvalue weighted by Crippen LogP contribution is 2.54. The third-order valence-electron chi connectivity index (χ3n) is 5.38. The Labute approximate surface area is 144 Å². The van der Waals surface area contributed by atoms with Gasteiger partial charge in [0.1, 0.15) is 0 Å². The molecule has 3 aliphatic rings. The Kier molecular flexibility index (Phi) is 8.32. The normalized spacial score (nSPS) is 29.9. The van der Waals surface area contributed by atoms with E-state index in [-0.39, 0.29) is 0 Å². The number of fused-ring (bicyclic) bond motifs is 5. The van der Waals surface area contributed by atoms with E-state index in [0.29, 0.717) is 5.54 Å². The summed E-state index contributed by atoms with van der Waals surface area (Å²) in [5.41, 5.74) is 3.49. The van der Waals surface area contributed by atoms with Gasteiger partial charge in [-0.2, -0.15) is 5.10 Å². The molecule has 0 spiro atoms. The van der Waals surface area contributed by atoms with E-state index in [2.05, 4.69) is 22.0 Å². The summed E-state index contributed by atoms with van der Waals surface area (Å²) in [6.07, 6.45) is 10.2. The highest BCUT2D eigenvalue weighted by Gasteiger charge is 2.56. The first-order chi connectivity index (χ1) is 11.3. The minimum absolute atomic E-state index is 0.548. The summed E-state index contributed by atoms with van der Waals surface area (Å²) in [5, 5.41) is 7.48. The number of hydrogen-bond acceptors (Lipinski definition) is 2. The van der Waals surface area contributed by atoms with Crippen LogP contribution >= 0.6 is 0 Å². The van der Waals surface area contributed by atoms with Crippen molar-refractivity contribution in [3.63, 3.8) is 0 Å². The monoisotopic (exact) mass is 321 g/mol. The maximum atomic E-state index is 4.22. The predicted octanol–water partition coefficient (Wildman–Crippen LogP) is 5.54. The van der Waals surface area contributed by atoms with E-state index in [4.69, 9.17) is 0 Å². The summed E-state index contributed by atoms with van der Waals surface area (Å²) >= 11 is 0. The van der Waals surface area contributed by atoms with Gasteiger partial charge in [-0.1, -0.05) is 54.9 Å². The molecule has 0 radical (unpaired) electrons.